The normalized spacial score (nSPS) is 10.2. The van der Waals surface area contributed by atoms with Crippen molar-refractivity contribution in [1.82, 2.24) is 9.97 Å². The van der Waals surface area contributed by atoms with Gasteiger partial charge in [0, 0.05) is 12.4 Å². The maximum absolute atomic E-state index is 11.1. The Bertz CT molecular complexity index is 521. The number of aromatic nitrogens is 2. The number of rotatable bonds is 4. The molecule has 0 saturated carbocycles. The quantitative estimate of drug-likeness (QED) is 0.847. The summed E-state index contributed by atoms with van der Waals surface area (Å²) in [7, 11) is 0. The predicted octanol–water partition coefficient (Wildman–Crippen LogP) is 2.17. The van der Waals surface area contributed by atoms with Gasteiger partial charge in [0.25, 0.3) is 0 Å². The van der Waals surface area contributed by atoms with Crippen LogP contribution in [-0.4, -0.2) is 27.7 Å². The number of carbonyl (C=O) groups is 1. The molecule has 0 aliphatic rings. The Morgan fingerprint density at radius 1 is 1.53 bits per heavy atom. The second kappa shape index (κ2) is 4.69. The number of aromatic carboxylic acids is 1. The summed E-state index contributed by atoms with van der Waals surface area (Å²) in [6.07, 6.45) is 3.29. The highest BCUT2D eigenvalue weighted by atomic mass is 16.5. The van der Waals surface area contributed by atoms with E-state index in [-0.39, 0.29) is 5.56 Å². The van der Waals surface area contributed by atoms with Crippen molar-refractivity contribution in [2.45, 2.75) is 6.92 Å². The van der Waals surface area contributed by atoms with Gasteiger partial charge >= 0.3 is 5.97 Å². The fourth-order valence-electron chi connectivity index (χ4n) is 1.60. The van der Waals surface area contributed by atoms with Gasteiger partial charge in [-0.1, -0.05) is 6.07 Å². The summed E-state index contributed by atoms with van der Waals surface area (Å²) in [6, 6.07) is 4.96. The average molecular weight is 232 g/mol. The van der Waals surface area contributed by atoms with Crippen LogP contribution in [0.1, 0.15) is 17.3 Å². The molecule has 1 aromatic heterocycles. The van der Waals surface area contributed by atoms with Crippen molar-refractivity contribution in [2.75, 3.05) is 6.61 Å². The molecule has 0 spiro atoms. The first kappa shape index (κ1) is 11.2. The van der Waals surface area contributed by atoms with E-state index in [0.717, 1.165) is 0 Å². The highest BCUT2D eigenvalue weighted by molar-refractivity contribution is 5.93. The second-order valence-corrected chi connectivity index (χ2v) is 3.36. The van der Waals surface area contributed by atoms with E-state index in [4.69, 9.17) is 9.84 Å². The van der Waals surface area contributed by atoms with Crippen LogP contribution in [0.2, 0.25) is 0 Å². The monoisotopic (exact) mass is 232 g/mol. The summed E-state index contributed by atoms with van der Waals surface area (Å²) in [5.74, 6) is -0.0733. The van der Waals surface area contributed by atoms with E-state index in [0.29, 0.717) is 23.7 Å². The summed E-state index contributed by atoms with van der Waals surface area (Å²) in [5, 5.41) is 9.10. The minimum Gasteiger partial charge on any atom is -0.492 e. The number of ether oxygens (including phenoxy) is 1. The fraction of sp³-hybridized carbons (Fsp3) is 0.167. The number of H-pyrrole nitrogens is 1. The molecule has 0 bridgehead atoms. The summed E-state index contributed by atoms with van der Waals surface area (Å²) >= 11 is 0. The number of hydrogen-bond donors (Lipinski definition) is 2. The average Bonchev–Trinajstić information content (AvgIpc) is 2.83. The predicted molar refractivity (Wildman–Crippen MR) is 62.2 cm³/mol. The molecule has 0 aliphatic carbocycles. The van der Waals surface area contributed by atoms with Gasteiger partial charge in [-0.15, -0.1) is 0 Å². The Hall–Kier alpha value is -2.30. The third kappa shape index (κ3) is 2.13. The van der Waals surface area contributed by atoms with Crippen molar-refractivity contribution >= 4 is 5.97 Å². The Kier molecular flexibility index (Phi) is 3.09. The van der Waals surface area contributed by atoms with Gasteiger partial charge in [-0.25, -0.2) is 9.78 Å². The molecule has 0 saturated heterocycles. The minimum atomic E-state index is -1.01. The lowest BCUT2D eigenvalue weighted by Crippen LogP contribution is -2.04. The van der Waals surface area contributed by atoms with Crippen molar-refractivity contribution in [2.24, 2.45) is 0 Å². The lowest BCUT2D eigenvalue weighted by molar-refractivity contribution is 0.0692. The van der Waals surface area contributed by atoms with Crippen LogP contribution in [0.25, 0.3) is 11.4 Å². The van der Waals surface area contributed by atoms with Crippen LogP contribution in [-0.2, 0) is 0 Å². The van der Waals surface area contributed by atoms with E-state index in [1.807, 2.05) is 6.92 Å². The van der Waals surface area contributed by atoms with Crippen LogP contribution in [0, 0.1) is 0 Å². The molecule has 0 unspecified atom stereocenters. The number of para-hydroxylation sites is 1. The first-order chi connectivity index (χ1) is 8.24. The van der Waals surface area contributed by atoms with E-state index in [9.17, 15) is 4.79 Å². The van der Waals surface area contributed by atoms with Gasteiger partial charge < -0.3 is 14.8 Å². The first-order valence-electron chi connectivity index (χ1n) is 5.23. The molecule has 0 radical (unpaired) electrons. The largest absolute Gasteiger partial charge is 0.492 e. The zero-order chi connectivity index (χ0) is 12.3. The van der Waals surface area contributed by atoms with Gasteiger partial charge in [-0.3, -0.25) is 0 Å². The van der Waals surface area contributed by atoms with Crippen LogP contribution in [0.15, 0.2) is 30.6 Å². The molecule has 2 aromatic rings. The van der Waals surface area contributed by atoms with Crippen LogP contribution >= 0.6 is 0 Å². The van der Waals surface area contributed by atoms with Gasteiger partial charge in [-0.05, 0) is 19.1 Å². The Labute approximate surface area is 98.1 Å². The number of hydrogen-bond acceptors (Lipinski definition) is 3. The van der Waals surface area contributed by atoms with E-state index >= 15 is 0 Å². The fourth-order valence-corrected chi connectivity index (χ4v) is 1.60. The summed E-state index contributed by atoms with van der Waals surface area (Å²) in [5.41, 5.74) is 0.789. The lowest BCUT2D eigenvalue weighted by atomic mass is 10.1. The van der Waals surface area contributed by atoms with Crippen molar-refractivity contribution in [3.05, 3.63) is 36.2 Å². The third-order valence-corrected chi connectivity index (χ3v) is 2.29. The van der Waals surface area contributed by atoms with Crippen molar-refractivity contribution in [3.8, 4) is 17.1 Å². The molecule has 2 N–H and O–H groups in total. The maximum atomic E-state index is 11.1. The topological polar surface area (TPSA) is 75.2 Å². The molecule has 5 heteroatoms. The van der Waals surface area contributed by atoms with E-state index in [1.165, 1.54) is 6.07 Å². The first-order valence-corrected chi connectivity index (χ1v) is 5.23. The summed E-state index contributed by atoms with van der Waals surface area (Å²) in [4.78, 5) is 18.1. The molecule has 2 rings (SSSR count). The van der Waals surface area contributed by atoms with Crippen LogP contribution in [0.4, 0.5) is 0 Å². The third-order valence-electron chi connectivity index (χ3n) is 2.29. The number of nitrogens with zero attached hydrogens (tertiary/aromatic N) is 1. The van der Waals surface area contributed by atoms with E-state index in [1.54, 1.807) is 24.5 Å². The number of carboxylic acids is 1. The lowest BCUT2D eigenvalue weighted by Gasteiger charge is -2.11. The van der Waals surface area contributed by atoms with Gasteiger partial charge in [0.05, 0.1) is 12.2 Å². The smallest absolute Gasteiger partial charge is 0.339 e. The highest BCUT2D eigenvalue weighted by Gasteiger charge is 2.17. The molecule has 0 atom stereocenters. The zero-order valence-electron chi connectivity index (χ0n) is 9.30. The van der Waals surface area contributed by atoms with Crippen molar-refractivity contribution < 1.29 is 14.6 Å². The number of benzene rings is 1. The van der Waals surface area contributed by atoms with Gasteiger partial charge in [0.15, 0.2) is 0 Å². The highest BCUT2D eigenvalue weighted by Crippen LogP contribution is 2.31. The SMILES string of the molecule is CCOc1c(C(=O)O)cccc1-c1ncc[nH]1. The maximum Gasteiger partial charge on any atom is 0.339 e. The van der Waals surface area contributed by atoms with E-state index < -0.39 is 5.97 Å². The zero-order valence-corrected chi connectivity index (χ0v) is 9.30. The Morgan fingerprint density at radius 2 is 2.35 bits per heavy atom. The van der Waals surface area contributed by atoms with Gasteiger partial charge in [-0.2, -0.15) is 0 Å². The summed E-state index contributed by atoms with van der Waals surface area (Å²) < 4.78 is 5.41. The minimum absolute atomic E-state index is 0.140. The van der Waals surface area contributed by atoms with Crippen LogP contribution < -0.4 is 4.74 Å². The van der Waals surface area contributed by atoms with E-state index in [2.05, 4.69) is 9.97 Å². The Balaban J connectivity index is 2.58. The standard InChI is InChI=1S/C12H12N2O3/c1-2-17-10-8(11-13-6-7-14-11)4-3-5-9(10)12(15)16/h3-7H,2H2,1H3,(H,13,14)(H,15,16). The Morgan fingerprint density at radius 3 is 2.94 bits per heavy atom. The molecule has 0 aliphatic heterocycles. The molecule has 0 fully saturated rings. The number of carboxylic acid groups (broad SMARTS) is 1. The van der Waals surface area contributed by atoms with Gasteiger partial charge in [0.2, 0.25) is 0 Å². The van der Waals surface area contributed by atoms with Crippen molar-refractivity contribution in [1.29, 1.82) is 0 Å². The molecule has 0 amide bonds. The molecule has 1 heterocycles. The molecular weight excluding hydrogens is 220 g/mol. The number of aromatic amines is 1. The molecule has 1 aromatic carbocycles. The molecule has 5 nitrogen and oxygen atoms in total. The van der Waals surface area contributed by atoms with Crippen molar-refractivity contribution in [3.63, 3.8) is 0 Å². The van der Waals surface area contributed by atoms with Crippen LogP contribution in [0.3, 0.4) is 0 Å². The van der Waals surface area contributed by atoms with Gasteiger partial charge in [0.1, 0.15) is 17.1 Å². The molecule has 88 valence electrons. The molecule has 17 heavy (non-hydrogen) atoms. The number of nitrogens with one attached hydrogen (secondary N) is 1. The number of imidazole rings is 1. The molecular formula is C12H12N2O3. The summed E-state index contributed by atoms with van der Waals surface area (Å²) in [6.45, 7) is 2.21. The van der Waals surface area contributed by atoms with Crippen LogP contribution in [0.5, 0.6) is 5.75 Å². The second-order valence-electron chi connectivity index (χ2n) is 3.36.